The molecular weight excluding hydrogens is 660 g/mol. The quantitative estimate of drug-likeness (QED) is 0.271. The lowest BCUT2D eigenvalue weighted by Crippen LogP contribution is -2.49. The average molecular weight is 711 g/mol. The minimum absolute atomic E-state index is 0.00629. The Hall–Kier alpha value is -4.68. The molecule has 12 nitrogen and oxygen atoms in total. The van der Waals surface area contributed by atoms with Crippen molar-refractivity contribution in [3.63, 3.8) is 0 Å². The monoisotopic (exact) mass is 710 g/mol. The molecule has 7 rings (SSSR count). The van der Waals surface area contributed by atoms with E-state index < -0.39 is 11.9 Å². The highest BCUT2D eigenvalue weighted by molar-refractivity contribution is 6.00. The van der Waals surface area contributed by atoms with Crippen LogP contribution in [0.1, 0.15) is 66.8 Å². The largest absolute Gasteiger partial charge is 0.496 e. The fourth-order valence-electron chi connectivity index (χ4n) is 8.94. The van der Waals surface area contributed by atoms with Crippen LogP contribution in [0.15, 0.2) is 46.1 Å². The fourth-order valence-corrected chi connectivity index (χ4v) is 8.94. The van der Waals surface area contributed by atoms with E-state index in [1.54, 1.807) is 42.0 Å². The van der Waals surface area contributed by atoms with E-state index in [1.807, 2.05) is 32.2 Å². The SMILES string of the molecule is COc1cc(-c2cn(C)c(=O)c(C)c2C)cc(OC)c1CN1CCC2(CCCN(Cc3cccc4c3n(C)c(=O)n4C3CCC(=O)NC3=O)C2)CC1. The molecule has 3 aliphatic rings. The summed E-state index contributed by atoms with van der Waals surface area (Å²) >= 11 is 0. The van der Waals surface area contributed by atoms with Crippen molar-refractivity contribution in [1.82, 2.24) is 28.8 Å². The molecule has 276 valence electrons. The maximum Gasteiger partial charge on any atom is 0.329 e. The van der Waals surface area contributed by atoms with Crippen molar-refractivity contribution in [1.29, 1.82) is 0 Å². The molecule has 52 heavy (non-hydrogen) atoms. The molecule has 0 aliphatic carbocycles. The molecule has 1 N–H and O–H groups in total. The number of amides is 2. The Balaban J connectivity index is 1.06. The van der Waals surface area contributed by atoms with Gasteiger partial charge in [0.2, 0.25) is 11.8 Å². The predicted octanol–water partition coefficient (Wildman–Crippen LogP) is 4.20. The van der Waals surface area contributed by atoms with Gasteiger partial charge < -0.3 is 14.0 Å². The Labute approximate surface area is 303 Å². The molecule has 1 atom stereocenters. The van der Waals surface area contributed by atoms with Gasteiger partial charge in [0.25, 0.3) is 5.56 Å². The summed E-state index contributed by atoms with van der Waals surface area (Å²) in [5, 5.41) is 2.40. The van der Waals surface area contributed by atoms with Gasteiger partial charge in [-0.05, 0) is 106 Å². The number of nitrogens with zero attached hydrogens (tertiary/aromatic N) is 5. The number of carbonyl (C=O) groups excluding carboxylic acids is 2. The second-order valence-corrected chi connectivity index (χ2v) is 15.1. The maximum absolute atomic E-state index is 13.5. The smallest absolute Gasteiger partial charge is 0.329 e. The van der Waals surface area contributed by atoms with Crippen LogP contribution in [0.5, 0.6) is 11.5 Å². The van der Waals surface area contributed by atoms with Crippen LogP contribution in [0, 0.1) is 19.3 Å². The zero-order valence-corrected chi connectivity index (χ0v) is 31.2. The molecule has 1 unspecified atom stereocenters. The van der Waals surface area contributed by atoms with Crippen molar-refractivity contribution >= 4 is 22.8 Å². The number of imide groups is 1. The minimum atomic E-state index is -0.695. The van der Waals surface area contributed by atoms with Crippen LogP contribution >= 0.6 is 0 Å². The minimum Gasteiger partial charge on any atom is -0.496 e. The zero-order chi connectivity index (χ0) is 36.9. The number of methoxy groups -OCH3 is 2. The molecule has 2 aromatic heterocycles. The molecule has 3 aliphatic heterocycles. The van der Waals surface area contributed by atoms with E-state index >= 15 is 0 Å². The molecule has 2 aromatic carbocycles. The van der Waals surface area contributed by atoms with Crippen LogP contribution in [-0.2, 0) is 36.8 Å². The maximum atomic E-state index is 13.5. The molecule has 2 amide bonds. The summed E-state index contributed by atoms with van der Waals surface area (Å²) in [6.45, 7) is 9.24. The van der Waals surface area contributed by atoms with Gasteiger partial charge in [0.15, 0.2) is 0 Å². The third-order valence-electron chi connectivity index (χ3n) is 12.0. The van der Waals surface area contributed by atoms with E-state index in [2.05, 4.69) is 33.3 Å². The van der Waals surface area contributed by atoms with E-state index in [9.17, 15) is 19.2 Å². The third kappa shape index (κ3) is 6.36. The van der Waals surface area contributed by atoms with Gasteiger partial charge in [-0.1, -0.05) is 12.1 Å². The van der Waals surface area contributed by atoms with Gasteiger partial charge in [-0.15, -0.1) is 0 Å². The number of piperidine rings is 3. The molecule has 0 saturated carbocycles. The first-order valence-electron chi connectivity index (χ1n) is 18.3. The summed E-state index contributed by atoms with van der Waals surface area (Å²) in [6.07, 6.45) is 6.94. The lowest BCUT2D eigenvalue weighted by Gasteiger charge is -2.48. The van der Waals surface area contributed by atoms with Crippen LogP contribution in [0.2, 0.25) is 0 Å². The highest BCUT2D eigenvalue weighted by Gasteiger charge is 2.39. The van der Waals surface area contributed by atoms with Gasteiger partial charge in [-0.3, -0.25) is 38.6 Å². The second kappa shape index (κ2) is 14.0. The number of pyridine rings is 1. The van der Waals surface area contributed by atoms with Crippen molar-refractivity contribution in [2.24, 2.45) is 19.5 Å². The zero-order valence-electron chi connectivity index (χ0n) is 31.2. The van der Waals surface area contributed by atoms with Crippen LogP contribution in [0.3, 0.4) is 0 Å². The molecule has 3 saturated heterocycles. The molecule has 0 radical (unpaired) electrons. The standard InChI is InChI=1S/C40H50N6O6/c1-25-26(2)38(49)42(3)22-29(25)28-19-33(51-5)30(34(20-28)52-6)23-44-17-14-40(15-18-44)13-8-16-45(24-40)21-27-9-7-10-31-36(27)43(4)39(50)46(31)32-11-12-35(47)41-37(32)48/h7,9-10,19-20,22,32H,8,11-18,21,23-24H2,1-6H3,(H,41,47,48). The molecule has 0 bridgehead atoms. The highest BCUT2D eigenvalue weighted by Crippen LogP contribution is 2.43. The van der Waals surface area contributed by atoms with Gasteiger partial charge in [0, 0.05) is 57.5 Å². The van der Waals surface area contributed by atoms with Gasteiger partial charge in [0.1, 0.15) is 17.5 Å². The first kappa shape index (κ1) is 35.7. The average Bonchev–Trinajstić information content (AvgIpc) is 3.39. The van der Waals surface area contributed by atoms with Crippen molar-refractivity contribution in [2.45, 2.75) is 71.5 Å². The number of aryl methyl sites for hydroxylation is 2. The van der Waals surface area contributed by atoms with E-state index in [0.717, 1.165) is 114 Å². The summed E-state index contributed by atoms with van der Waals surface area (Å²) in [7, 11) is 6.95. The first-order chi connectivity index (χ1) is 24.9. The molecule has 1 spiro atoms. The number of fused-ring (bicyclic) bond motifs is 1. The lowest BCUT2D eigenvalue weighted by atomic mass is 9.72. The Bertz CT molecular complexity index is 2150. The lowest BCUT2D eigenvalue weighted by molar-refractivity contribution is -0.135. The van der Waals surface area contributed by atoms with Crippen molar-refractivity contribution in [3.8, 4) is 22.6 Å². The van der Waals surface area contributed by atoms with Crippen molar-refractivity contribution < 1.29 is 19.1 Å². The van der Waals surface area contributed by atoms with Crippen molar-refractivity contribution in [2.75, 3.05) is 40.4 Å². The van der Waals surface area contributed by atoms with Gasteiger partial charge in [-0.2, -0.15) is 0 Å². The summed E-state index contributed by atoms with van der Waals surface area (Å²) in [6, 6.07) is 9.39. The number of hydrogen-bond acceptors (Lipinski definition) is 8. The van der Waals surface area contributed by atoms with E-state index in [0.29, 0.717) is 6.42 Å². The van der Waals surface area contributed by atoms with E-state index in [1.165, 1.54) is 6.42 Å². The first-order valence-corrected chi connectivity index (χ1v) is 18.3. The Morgan fingerprint density at radius 2 is 1.60 bits per heavy atom. The van der Waals surface area contributed by atoms with Gasteiger partial charge in [0.05, 0.1) is 30.8 Å². The van der Waals surface area contributed by atoms with E-state index in [-0.39, 0.29) is 29.0 Å². The number of ether oxygens (including phenoxy) is 2. The molecule has 3 fully saturated rings. The van der Waals surface area contributed by atoms with E-state index in [4.69, 9.17) is 9.47 Å². The molecular formula is C40H50N6O6. The van der Waals surface area contributed by atoms with Crippen molar-refractivity contribution in [3.05, 3.63) is 79.6 Å². The summed E-state index contributed by atoms with van der Waals surface area (Å²) < 4.78 is 16.8. The molecule has 4 aromatic rings. The van der Waals surface area contributed by atoms with Gasteiger partial charge in [-0.25, -0.2) is 4.79 Å². The summed E-state index contributed by atoms with van der Waals surface area (Å²) in [5.41, 5.74) is 7.30. The van der Waals surface area contributed by atoms with Crippen LogP contribution in [0.25, 0.3) is 22.2 Å². The van der Waals surface area contributed by atoms with Gasteiger partial charge >= 0.3 is 5.69 Å². The summed E-state index contributed by atoms with van der Waals surface area (Å²) in [5.74, 6) is 0.845. The number of nitrogens with one attached hydrogen (secondary N) is 1. The van der Waals surface area contributed by atoms with Crippen LogP contribution in [-0.4, -0.2) is 75.7 Å². The number of likely N-dealkylation sites (tertiary alicyclic amines) is 2. The number of imidazole rings is 1. The normalized spacial score (nSPS) is 19.7. The number of aromatic nitrogens is 3. The highest BCUT2D eigenvalue weighted by atomic mass is 16.5. The number of hydrogen-bond donors (Lipinski definition) is 1. The molecule has 12 heteroatoms. The number of carbonyl (C=O) groups is 2. The summed E-state index contributed by atoms with van der Waals surface area (Å²) in [4.78, 5) is 55.6. The second-order valence-electron chi connectivity index (χ2n) is 15.1. The third-order valence-corrected chi connectivity index (χ3v) is 12.0. The Kier molecular flexibility index (Phi) is 9.64. The number of benzene rings is 2. The Morgan fingerprint density at radius 1 is 0.885 bits per heavy atom. The van der Waals surface area contributed by atoms with Crippen LogP contribution in [0.4, 0.5) is 0 Å². The number of rotatable bonds is 8. The van der Waals surface area contributed by atoms with Crippen LogP contribution < -0.4 is 26.0 Å². The predicted molar refractivity (Wildman–Crippen MR) is 200 cm³/mol. The topological polar surface area (TPSA) is 120 Å². The molecule has 5 heterocycles. The Morgan fingerprint density at radius 3 is 2.27 bits per heavy atom. The fraction of sp³-hybridized carbons (Fsp3) is 0.500. The number of para-hydroxylation sites is 1.